The Morgan fingerprint density at radius 2 is 1.76 bits per heavy atom. The van der Waals surface area contributed by atoms with Crippen molar-refractivity contribution >= 4 is 22.5 Å². The number of ether oxygens (including phenoxy) is 1. The quantitative estimate of drug-likeness (QED) is 0.624. The first-order chi connectivity index (χ1) is 9.95. The summed E-state index contributed by atoms with van der Waals surface area (Å²) in [4.78, 5) is 23.0. The third-order valence-electron chi connectivity index (χ3n) is 3.24. The molecule has 5 heteroatoms. The number of benzene rings is 2. The molecule has 0 unspecified atom stereocenters. The van der Waals surface area contributed by atoms with E-state index >= 15 is 0 Å². The number of ketones is 1. The summed E-state index contributed by atoms with van der Waals surface area (Å²) >= 11 is 0. The number of fused-ring (bicyclic) bond motifs is 1. The van der Waals surface area contributed by atoms with Gasteiger partial charge in [0.2, 0.25) is 0 Å². The lowest BCUT2D eigenvalue weighted by Crippen LogP contribution is -2.30. The molecular weight excluding hydrogens is 278 g/mol. The number of hydrogen-bond acceptors (Lipinski definition) is 3. The number of methoxy groups -OCH3 is 1. The van der Waals surface area contributed by atoms with Gasteiger partial charge in [0.05, 0.1) is 7.11 Å². The van der Waals surface area contributed by atoms with E-state index in [0.29, 0.717) is 10.9 Å². The van der Waals surface area contributed by atoms with Crippen molar-refractivity contribution in [1.29, 1.82) is 0 Å². The van der Waals surface area contributed by atoms with Gasteiger partial charge in [-0.15, -0.1) is 0 Å². The maximum absolute atomic E-state index is 13.4. The Morgan fingerprint density at radius 1 is 1.10 bits per heavy atom. The van der Waals surface area contributed by atoms with Crippen molar-refractivity contribution in [2.24, 2.45) is 0 Å². The van der Waals surface area contributed by atoms with Crippen molar-refractivity contribution < 1.29 is 23.1 Å². The average Bonchev–Trinajstić information content (AvgIpc) is 2.51. The van der Waals surface area contributed by atoms with E-state index in [4.69, 9.17) is 0 Å². The fraction of sp³-hybridized carbons (Fsp3) is 0.250. The zero-order valence-corrected chi connectivity index (χ0v) is 11.4. The van der Waals surface area contributed by atoms with Gasteiger partial charge in [-0.1, -0.05) is 42.5 Å². The first kappa shape index (κ1) is 15.1. The van der Waals surface area contributed by atoms with E-state index in [0.717, 1.165) is 12.5 Å². The topological polar surface area (TPSA) is 43.4 Å². The van der Waals surface area contributed by atoms with Gasteiger partial charge in [0.15, 0.2) is 5.78 Å². The van der Waals surface area contributed by atoms with Crippen LogP contribution in [0.1, 0.15) is 23.2 Å². The highest BCUT2D eigenvalue weighted by Gasteiger charge is 2.40. The highest BCUT2D eigenvalue weighted by molar-refractivity contribution is 6.08. The van der Waals surface area contributed by atoms with Crippen molar-refractivity contribution in [3.05, 3.63) is 48.0 Å². The minimum atomic E-state index is -3.64. The van der Waals surface area contributed by atoms with Crippen LogP contribution in [-0.2, 0) is 9.53 Å². The van der Waals surface area contributed by atoms with Crippen molar-refractivity contribution in [2.75, 3.05) is 7.11 Å². The molecule has 2 rings (SSSR count). The second-order valence-corrected chi connectivity index (χ2v) is 4.65. The molecular formula is C16H14F2O3. The molecule has 110 valence electrons. The number of hydrogen-bond donors (Lipinski definition) is 0. The van der Waals surface area contributed by atoms with Gasteiger partial charge >= 0.3 is 11.9 Å². The first-order valence-electron chi connectivity index (χ1n) is 6.43. The minimum absolute atomic E-state index is 0.383. The Bertz CT molecular complexity index is 675. The van der Waals surface area contributed by atoms with Crippen LogP contribution in [0.5, 0.6) is 0 Å². The number of rotatable bonds is 5. The van der Waals surface area contributed by atoms with E-state index in [-0.39, 0.29) is 0 Å². The van der Waals surface area contributed by atoms with E-state index in [1.165, 1.54) is 0 Å². The van der Waals surface area contributed by atoms with Crippen LogP contribution in [0.4, 0.5) is 8.78 Å². The molecule has 0 aromatic heterocycles. The normalized spacial score (nSPS) is 11.4. The molecule has 0 radical (unpaired) electrons. The lowest BCUT2D eigenvalue weighted by atomic mass is 9.98. The summed E-state index contributed by atoms with van der Waals surface area (Å²) in [7, 11) is 0.892. The molecule has 0 aliphatic carbocycles. The van der Waals surface area contributed by atoms with Crippen molar-refractivity contribution in [2.45, 2.75) is 18.8 Å². The van der Waals surface area contributed by atoms with Crippen LogP contribution in [0.3, 0.4) is 0 Å². The molecule has 0 aliphatic rings. The van der Waals surface area contributed by atoms with E-state index in [1.807, 2.05) is 18.2 Å². The van der Waals surface area contributed by atoms with Gasteiger partial charge in [-0.3, -0.25) is 4.79 Å². The molecule has 0 heterocycles. The monoisotopic (exact) mass is 292 g/mol. The smallest absolute Gasteiger partial charge is 0.376 e. The van der Waals surface area contributed by atoms with Gasteiger partial charge in [0, 0.05) is 18.4 Å². The van der Waals surface area contributed by atoms with Crippen LogP contribution in [0.15, 0.2) is 42.5 Å². The van der Waals surface area contributed by atoms with Gasteiger partial charge in [-0.25, -0.2) is 4.79 Å². The van der Waals surface area contributed by atoms with E-state index in [2.05, 4.69) is 4.74 Å². The number of esters is 1. The molecule has 0 saturated carbocycles. The molecule has 0 bridgehead atoms. The minimum Gasteiger partial charge on any atom is -0.465 e. The first-order valence-corrected chi connectivity index (χ1v) is 6.43. The van der Waals surface area contributed by atoms with Crippen LogP contribution >= 0.6 is 0 Å². The van der Waals surface area contributed by atoms with E-state index < -0.39 is 30.5 Å². The highest BCUT2D eigenvalue weighted by atomic mass is 19.3. The summed E-state index contributed by atoms with van der Waals surface area (Å²) in [5.74, 6) is -5.68. The Hall–Kier alpha value is -2.30. The van der Waals surface area contributed by atoms with Crippen LogP contribution in [-0.4, -0.2) is 24.8 Å². The molecule has 0 saturated heterocycles. The Balaban J connectivity index is 2.18. The summed E-state index contributed by atoms with van der Waals surface area (Å²) < 4.78 is 30.8. The fourth-order valence-corrected chi connectivity index (χ4v) is 2.13. The molecule has 0 spiro atoms. The maximum atomic E-state index is 13.4. The summed E-state index contributed by atoms with van der Waals surface area (Å²) in [6.45, 7) is 0. The summed E-state index contributed by atoms with van der Waals surface area (Å²) in [6, 6.07) is 12.4. The molecule has 0 amide bonds. The second kappa shape index (κ2) is 5.99. The summed E-state index contributed by atoms with van der Waals surface area (Å²) in [5, 5.41) is 1.58. The Morgan fingerprint density at radius 3 is 2.48 bits per heavy atom. The van der Waals surface area contributed by atoms with Crippen LogP contribution in [0, 0.1) is 0 Å². The zero-order valence-electron chi connectivity index (χ0n) is 11.4. The molecule has 3 nitrogen and oxygen atoms in total. The van der Waals surface area contributed by atoms with Crippen LogP contribution in [0.2, 0.25) is 0 Å². The number of carbonyl (C=O) groups is 2. The van der Waals surface area contributed by atoms with Gasteiger partial charge in [-0.2, -0.15) is 8.78 Å². The predicted molar refractivity (Wildman–Crippen MR) is 74.5 cm³/mol. The van der Waals surface area contributed by atoms with Gasteiger partial charge < -0.3 is 4.74 Å². The standard InChI is InChI=1S/C16H14F2O3/c1-21-15(20)16(17,18)10-9-14(19)13-8-4-6-11-5-2-3-7-12(11)13/h2-8H,9-10H2,1H3. The Kier molecular flexibility index (Phi) is 4.31. The van der Waals surface area contributed by atoms with Crippen LogP contribution in [0.25, 0.3) is 10.8 Å². The molecule has 0 atom stereocenters. The number of halogens is 2. The van der Waals surface area contributed by atoms with Crippen molar-refractivity contribution in [1.82, 2.24) is 0 Å². The number of carbonyl (C=O) groups excluding carboxylic acids is 2. The number of Topliss-reactive ketones (excluding diaryl/α,β-unsaturated/α-hetero) is 1. The molecule has 21 heavy (non-hydrogen) atoms. The molecule has 0 aliphatic heterocycles. The molecule has 2 aromatic carbocycles. The highest BCUT2D eigenvalue weighted by Crippen LogP contribution is 2.25. The van der Waals surface area contributed by atoms with Gasteiger partial charge in [-0.05, 0) is 10.8 Å². The SMILES string of the molecule is COC(=O)C(F)(F)CCC(=O)c1cccc2ccccc12. The summed E-state index contributed by atoms with van der Waals surface area (Å²) in [5.41, 5.74) is 0.383. The van der Waals surface area contributed by atoms with Crippen molar-refractivity contribution in [3.63, 3.8) is 0 Å². The fourth-order valence-electron chi connectivity index (χ4n) is 2.13. The van der Waals surface area contributed by atoms with E-state index in [9.17, 15) is 18.4 Å². The molecule has 0 N–H and O–H groups in total. The predicted octanol–water partition coefficient (Wildman–Crippen LogP) is 3.61. The van der Waals surface area contributed by atoms with Gasteiger partial charge in [0.1, 0.15) is 0 Å². The lowest BCUT2D eigenvalue weighted by molar-refractivity contribution is -0.169. The van der Waals surface area contributed by atoms with Crippen LogP contribution < -0.4 is 0 Å². The maximum Gasteiger partial charge on any atom is 0.376 e. The average molecular weight is 292 g/mol. The van der Waals surface area contributed by atoms with Crippen molar-refractivity contribution in [3.8, 4) is 0 Å². The third kappa shape index (κ3) is 3.24. The molecule has 2 aromatic rings. The zero-order chi connectivity index (χ0) is 15.5. The number of alkyl halides is 2. The van der Waals surface area contributed by atoms with E-state index in [1.54, 1.807) is 24.3 Å². The largest absolute Gasteiger partial charge is 0.465 e. The Labute approximate surface area is 120 Å². The lowest BCUT2D eigenvalue weighted by Gasteiger charge is -2.13. The third-order valence-corrected chi connectivity index (χ3v) is 3.24. The summed E-state index contributed by atoms with van der Waals surface area (Å²) in [6.07, 6.45) is -1.28. The van der Waals surface area contributed by atoms with Gasteiger partial charge in [0.25, 0.3) is 0 Å². The molecule has 0 fully saturated rings. The second-order valence-electron chi connectivity index (χ2n) is 4.65.